The first kappa shape index (κ1) is 32.6. The Morgan fingerprint density at radius 2 is 1.57 bits per heavy atom. The smallest absolute Gasteiger partial charge is 0.870 e. The third-order valence-electron chi connectivity index (χ3n) is 6.43. The van der Waals surface area contributed by atoms with E-state index < -0.39 is 6.09 Å². The number of amides is 1. The summed E-state index contributed by atoms with van der Waals surface area (Å²) in [5.41, 5.74) is 3.60. The van der Waals surface area contributed by atoms with Gasteiger partial charge in [0.15, 0.2) is 0 Å². The molecule has 0 aromatic carbocycles. The van der Waals surface area contributed by atoms with E-state index in [9.17, 15) is 15.0 Å². The zero-order valence-electron chi connectivity index (χ0n) is 20.4. The summed E-state index contributed by atoms with van der Waals surface area (Å²) in [5.74, 6) is 0.600. The van der Waals surface area contributed by atoms with Crippen LogP contribution in [0.4, 0.5) is 4.79 Å². The number of hydrogen-bond acceptors (Lipinski definition) is 6. The van der Waals surface area contributed by atoms with Crippen LogP contribution in [0.2, 0.25) is 0 Å². The maximum Gasteiger partial charge on any atom is 1.00 e. The average Bonchev–Trinajstić information content (AvgIpc) is 2.58. The van der Waals surface area contributed by atoms with E-state index in [2.05, 4.69) is 49.9 Å². The number of carbonyl (C=O) groups excluding carboxylic acids is 1. The van der Waals surface area contributed by atoms with E-state index in [4.69, 9.17) is 0 Å². The molecule has 0 aliphatic heterocycles. The van der Waals surface area contributed by atoms with E-state index >= 15 is 0 Å². The third kappa shape index (κ3) is 11.4. The first-order valence-corrected chi connectivity index (χ1v) is 10.6. The first-order valence-electron chi connectivity index (χ1n) is 10.6. The molecule has 0 radical (unpaired) electrons. The Morgan fingerprint density at radius 1 is 1.07 bits per heavy atom. The molecule has 30 heavy (non-hydrogen) atoms. The molecule has 0 saturated heterocycles. The standard InChI is InChI=1S/C12H22N2O3.C10H20O.K.H2O/c1-8(13-14-11(16)17-4)9-5-6-12(2,3)7-10(9)15;1-4-8-5-6-10(2,3)7-9(8)11;;/h9-10,15H,5-7H2,1-4H3,(H,14,16);8-9,11H,4-7H2,1-3H3;;1H2/q;;+1;/p-1/b13-8+;;;. The predicted molar refractivity (Wildman–Crippen MR) is 115 cm³/mol. The van der Waals surface area contributed by atoms with Crippen molar-refractivity contribution in [3.05, 3.63) is 0 Å². The zero-order valence-corrected chi connectivity index (χ0v) is 23.5. The van der Waals surface area contributed by atoms with Crippen LogP contribution in [0.25, 0.3) is 0 Å². The number of hydrazone groups is 1. The van der Waals surface area contributed by atoms with E-state index in [1.54, 1.807) is 0 Å². The number of ether oxygens (including phenoxy) is 1. The molecule has 7 nitrogen and oxygen atoms in total. The van der Waals surface area contributed by atoms with Crippen LogP contribution in [-0.2, 0) is 4.74 Å². The van der Waals surface area contributed by atoms with Gasteiger partial charge in [-0.2, -0.15) is 5.10 Å². The Morgan fingerprint density at radius 3 is 2.00 bits per heavy atom. The third-order valence-corrected chi connectivity index (χ3v) is 6.43. The van der Waals surface area contributed by atoms with Gasteiger partial charge in [0, 0.05) is 11.6 Å². The van der Waals surface area contributed by atoms with Crippen molar-refractivity contribution in [2.24, 2.45) is 27.8 Å². The first-order chi connectivity index (χ1) is 12.9. The van der Waals surface area contributed by atoms with Crippen molar-refractivity contribution < 1.29 is 76.6 Å². The van der Waals surface area contributed by atoms with Gasteiger partial charge in [-0.25, -0.2) is 10.2 Å². The molecule has 8 heteroatoms. The van der Waals surface area contributed by atoms with E-state index in [0.717, 1.165) is 37.8 Å². The second-order valence-corrected chi connectivity index (χ2v) is 10.1. The van der Waals surface area contributed by atoms with E-state index in [1.807, 2.05) is 6.92 Å². The summed E-state index contributed by atoms with van der Waals surface area (Å²) in [4.78, 5) is 10.9. The van der Waals surface area contributed by atoms with Gasteiger partial charge in [0.25, 0.3) is 0 Å². The molecule has 0 aromatic rings. The molecule has 4 unspecified atom stereocenters. The molecule has 4 atom stereocenters. The predicted octanol–water partition coefficient (Wildman–Crippen LogP) is 1.32. The zero-order chi connectivity index (χ0) is 21.5. The fourth-order valence-corrected chi connectivity index (χ4v) is 4.38. The molecule has 2 rings (SSSR count). The monoisotopic (exact) mass is 454 g/mol. The molecule has 1 amide bonds. The Balaban J connectivity index is 0. The molecule has 2 aliphatic rings. The van der Waals surface area contributed by atoms with Gasteiger partial charge in [-0.05, 0) is 62.2 Å². The van der Waals surface area contributed by atoms with Gasteiger partial charge in [-0.3, -0.25) is 0 Å². The second-order valence-electron chi connectivity index (χ2n) is 10.1. The van der Waals surface area contributed by atoms with Crippen LogP contribution in [-0.4, -0.2) is 46.8 Å². The van der Waals surface area contributed by atoms with Gasteiger partial charge in [-0.1, -0.05) is 41.0 Å². The van der Waals surface area contributed by atoms with Crippen molar-refractivity contribution in [3.8, 4) is 0 Å². The molecule has 2 fully saturated rings. The van der Waals surface area contributed by atoms with Crippen molar-refractivity contribution in [2.45, 2.75) is 98.7 Å². The molecule has 0 heterocycles. The Labute approximate surface area is 225 Å². The summed E-state index contributed by atoms with van der Waals surface area (Å²) in [6.07, 6.45) is 6.32. The Kier molecular flexibility index (Phi) is 15.9. The molecule has 2 saturated carbocycles. The molecule has 0 aromatic heterocycles. The summed E-state index contributed by atoms with van der Waals surface area (Å²) < 4.78 is 4.43. The molecule has 0 spiro atoms. The summed E-state index contributed by atoms with van der Waals surface area (Å²) in [7, 11) is 1.29. The van der Waals surface area contributed by atoms with Crippen molar-refractivity contribution in [1.82, 2.24) is 5.43 Å². The summed E-state index contributed by atoms with van der Waals surface area (Å²) in [6, 6.07) is 0. The van der Waals surface area contributed by atoms with Crippen LogP contribution < -0.4 is 56.8 Å². The minimum Gasteiger partial charge on any atom is -0.870 e. The van der Waals surface area contributed by atoms with E-state index in [0.29, 0.717) is 11.3 Å². The summed E-state index contributed by atoms with van der Waals surface area (Å²) in [6.45, 7) is 12.8. The number of hydrogen-bond donors (Lipinski definition) is 3. The number of rotatable bonds is 3. The number of methoxy groups -OCH3 is 1. The molecule has 2 aliphatic carbocycles. The maximum atomic E-state index is 10.9. The number of aliphatic hydroxyl groups excluding tert-OH is 2. The Hall–Kier alpha value is 0.456. The normalized spacial score (nSPS) is 29.8. The van der Waals surface area contributed by atoms with Crippen LogP contribution in [0.15, 0.2) is 5.10 Å². The van der Waals surface area contributed by atoms with Gasteiger partial charge < -0.3 is 20.4 Å². The number of nitrogens with one attached hydrogen (secondary N) is 1. The summed E-state index contributed by atoms with van der Waals surface area (Å²) >= 11 is 0. The number of carbonyl (C=O) groups is 1. The van der Waals surface area contributed by atoms with Crippen LogP contribution in [0.3, 0.4) is 0 Å². The van der Waals surface area contributed by atoms with Crippen molar-refractivity contribution in [2.75, 3.05) is 7.11 Å². The quantitative estimate of drug-likeness (QED) is 0.337. The van der Waals surface area contributed by atoms with Crippen LogP contribution in [0.1, 0.15) is 86.5 Å². The van der Waals surface area contributed by atoms with Gasteiger partial charge in [0.2, 0.25) is 0 Å². The van der Waals surface area contributed by atoms with E-state index in [1.165, 1.54) is 20.0 Å². The largest absolute Gasteiger partial charge is 1.00 e. The topological polar surface area (TPSA) is 121 Å². The molecule has 4 N–H and O–H groups in total. The van der Waals surface area contributed by atoms with Gasteiger partial charge in [0.05, 0.1) is 19.3 Å². The van der Waals surface area contributed by atoms with Crippen molar-refractivity contribution in [3.63, 3.8) is 0 Å². The second kappa shape index (κ2) is 14.6. The minimum absolute atomic E-state index is 0. The van der Waals surface area contributed by atoms with E-state index in [-0.39, 0.29) is 80.4 Å². The maximum absolute atomic E-state index is 10.9. The van der Waals surface area contributed by atoms with Crippen LogP contribution in [0.5, 0.6) is 0 Å². The summed E-state index contributed by atoms with van der Waals surface area (Å²) in [5, 5.41) is 23.7. The van der Waals surface area contributed by atoms with Crippen molar-refractivity contribution >= 4 is 11.8 Å². The average molecular weight is 455 g/mol. The van der Waals surface area contributed by atoms with Gasteiger partial charge in [-0.15, -0.1) is 0 Å². The number of nitrogens with zero attached hydrogens (tertiary/aromatic N) is 1. The van der Waals surface area contributed by atoms with Crippen LogP contribution >= 0.6 is 0 Å². The fraction of sp³-hybridized carbons (Fsp3) is 0.909. The SMILES string of the molecule is CCC1CCC(C)(C)CC1O.COC(=O)N/N=C(\C)C1CCC(C)(C)CC1O.[K+].[OH-]. The molecule has 0 bridgehead atoms. The fourth-order valence-electron chi connectivity index (χ4n) is 4.38. The molecular formula is C22H43KN2O5. The molecular weight excluding hydrogens is 411 g/mol. The Bertz CT molecular complexity index is 540. The van der Waals surface area contributed by atoms with Crippen molar-refractivity contribution in [1.29, 1.82) is 0 Å². The van der Waals surface area contributed by atoms with Gasteiger partial charge >= 0.3 is 57.5 Å². The number of aliphatic hydroxyl groups is 2. The van der Waals surface area contributed by atoms with Crippen LogP contribution in [0, 0.1) is 22.7 Å². The molecule has 172 valence electrons. The minimum atomic E-state index is -0.588. The van der Waals surface area contributed by atoms with Gasteiger partial charge in [0.1, 0.15) is 0 Å².